The molecule has 1 heterocycles. The van der Waals surface area contributed by atoms with Gasteiger partial charge in [-0.15, -0.1) is 0 Å². The van der Waals surface area contributed by atoms with Gasteiger partial charge in [-0.05, 0) is 39.6 Å². The average Bonchev–Trinajstić information content (AvgIpc) is 2.32. The zero-order chi connectivity index (χ0) is 12.3. The molecule has 0 N–H and O–H groups in total. The highest BCUT2D eigenvalue weighted by Crippen LogP contribution is 2.22. The second-order valence-corrected chi connectivity index (χ2v) is 4.88. The van der Waals surface area contributed by atoms with Gasteiger partial charge in [-0.25, -0.2) is 0 Å². The van der Waals surface area contributed by atoms with E-state index in [2.05, 4.69) is 25.9 Å². The lowest BCUT2D eigenvalue weighted by Crippen LogP contribution is -2.50. The summed E-state index contributed by atoms with van der Waals surface area (Å²) in [6.07, 6.45) is 1.45. The minimum Gasteiger partial charge on any atom is -0.486 e. The molecule has 3 nitrogen and oxygen atoms in total. The normalized spacial score (nSPS) is 29.3. The topological polar surface area (TPSA) is 21.7 Å². The molecule has 3 heteroatoms. The maximum Gasteiger partial charge on any atom is 0.137 e. The van der Waals surface area contributed by atoms with Crippen molar-refractivity contribution in [3.8, 4) is 5.75 Å². The van der Waals surface area contributed by atoms with Crippen LogP contribution in [0.25, 0.3) is 0 Å². The Labute approximate surface area is 103 Å². The number of hydrogen-bond acceptors (Lipinski definition) is 3. The van der Waals surface area contributed by atoms with E-state index in [1.807, 2.05) is 30.3 Å². The standard InChI is InChI=1S/C14H21NO2/c1-11-9-13(15(2)3)14(10-16-11)17-12-7-5-4-6-8-12/h4-8,11,13-14H,9-10H2,1-3H3/t11-,13+,14+/m1/s1. The molecule has 0 radical (unpaired) electrons. The van der Waals surface area contributed by atoms with Gasteiger partial charge in [0.2, 0.25) is 0 Å². The highest BCUT2D eigenvalue weighted by Gasteiger charge is 2.32. The third kappa shape index (κ3) is 3.20. The molecule has 1 aromatic carbocycles. The van der Waals surface area contributed by atoms with Gasteiger partial charge in [-0.1, -0.05) is 18.2 Å². The van der Waals surface area contributed by atoms with Crippen LogP contribution in [-0.2, 0) is 4.74 Å². The minimum absolute atomic E-state index is 0.114. The average molecular weight is 235 g/mol. The fraction of sp³-hybridized carbons (Fsp3) is 0.571. The summed E-state index contributed by atoms with van der Waals surface area (Å²) in [7, 11) is 4.20. The van der Waals surface area contributed by atoms with Crippen molar-refractivity contribution in [1.82, 2.24) is 4.90 Å². The monoisotopic (exact) mass is 235 g/mol. The van der Waals surface area contributed by atoms with Crippen LogP contribution in [0.5, 0.6) is 5.75 Å². The number of ether oxygens (including phenoxy) is 2. The Hall–Kier alpha value is -1.06. The molecule has 0 unspecified atom stereocenters. The Morgan fingerprint density at radius 1 is 1.24 bits per heavy atom. The van der Waals surface area contributed by atoms with Gasteiger partial charge in [-0.3, -0.25) is 0 Å². The first kappa shape index (κ1) is 12.4. The Balaban J connectivity index is 2.03. The van der Waals surface area contributed by atoms with Crippen molar-refractivity contribution >= 4 is 0 Å². The van der Waals surface area contributed by atoms with Gasteiger partial charge >= 0.3 is 0 Å². The molecule has 0 aromatic heterocycles. The van der Waals surface area contributed by atoms with Crippen molar-refractivity contribution in [1.29, 1.82) is 0 Å². The lowest BCUT2D eigenvalue weighted by Gasteiger charge is -2.38. The molecule has 1 aliphatic heterocycles. The van der Waals surface area contributed by atoms with Gasteiger partial charge in [0.25, 0.3) is 0 Å². The Morgan fingerprint density at radius 2 is 1.94 bits per heavy atom. The number of benzene rings is 1. The fourth-order valence-electron chi connectivity index (χ4n) is 2.26. The molecule has 1 saturated heterocycles. The molecule has 1 fully saturated rings. The molecular formula is C14H21NO2. The smallest absolute Gasteiger partial charge is 0.137 e. The molecule has 0 bridgehead atoms. The fourth-order valence-corrected chi connectivity index (χ4v) is 2.26. The van der Waals surface area contributed by atoms with Gasteiger partial charge < -0.3 is 14.4 Å². The van der Waals surface area contributed by atoms with E-state index in [4.69, 9.17) is 9.47 Å². The van der Waals surface area contributed by atoms with Crippen LogP contribution in [0.4, 0.5) is 0 Å². The van der Waals surface area contributed by atoms with Gasteiger partial charge in [-0.2, -0.15) is 0 Å². The first-order valence-electron chi connectivity index (χ1n) is 6.16. The van der Waals surface area contributed by atoms with Gasteiger partial charge in [0.05, 0.1) is 18.8 Å². The maximum absolute atomic E-state index is 6.01. The summed E-state index contributed by atoms with van der Waals surface area (Å²) in [4.78, 5) is 2.23. The summed E-state index contributed by atoms with van der Waals surface area (Å²) >= 11 is 0. The van der Waals surface area contributed by atoms with Crippen molar-refractivity contribution in [2.24, 2.45) is 0 Å². The van der Waals surface area contributed by atoms with Crippen LogP contribution in [0.15, 0.2) is 30.3 Å². The van der Waals surface area contributed by atoms with E-state index in [9.17, 15) is 0 Å². The molecule has 94 valence electrons. The lowest BCUT2D eigenvalue weighted by molar-refractivity contribution is -0.0774. The molecule has 0 aliphatic carbocycles. The van der Waals surface area contributed by atoms with Gasteiger partial charge in [0.1, 0.15) is 11.9 Å². The van der Waals surface area contributed by atoms with Gasteiger partial charge in [0.15, 0.2) is 0 Å². The predicted octanol–water partition coefficient (Wildman–Crippen LogP) is 2.17. The molecule has 0 amide bonds. The number of rotatable bonds is 3. The van der Waals surface area contributed by atoms with Crippen LogP contribution in [0.1, 0.15) is 13.3 Å². The number of nitrogens with zero attached hydrogens (tertiary/aromatic N) is 1. The van der Waals surface area contributed by atoms with Crippen molar-refractivity contribution in [3.63, 3.8) is 0 Å². The van der Waals surface area contributed by atoms with E-state index in [1.165, 1.54) is 0 Å². The zero-order valence-electron chi connectivity index (χ0n) is 10.8. The summed E-state index contributed by atoms with van der Waals surface area (Å²) in [5.74, 6) is 0.919. The van der Waals surface area contributed by atoms with Crippen LogP contribution < -0.4 is 4.74 Å². The summed E-state index contributed by atoms with van der Waals surface area (Å²) < 4.78 is 11.7. The van der Waals surface area contributed by atoms with Crippen LogP contribution >= 0.6 is 0 Å². The SMILES string of the molecule is C[C@@H]1C[C@H](N(C)C)[C@@H](Oc2ccccc2)CO1. The van der Waals surface area contributed by atoms with Crippen LogP contribution in [-0.4, -0.2) is 43.9 Å². The number of likely N-dealkylation sites (N-methyl/N-ethyl adjacent to an activating group) is 1. The molecule has 1 aliphatic rings. The lowest BCUT2D eigenvalue weighted by atomic mass is 10.0. The zero-order valence-corrected chi connectivity index (χ0v) is 10.8. The summed E-state index contributed by atoms with van der Waals surface area (Å²) in [6, 6.07) is 10.4. The van der Waals surface area contributed by atoms with E-state index in [0.717, 1.165) is 12.2 Å². The Kier molecular flexibility index (Phi) is 4.02. The van der Waals surface area contributed by atoms with Crippen molar-refractivity contribution in [3.05, 3.63) is 30.3 Å². The highest BCUT2D eigenvalue weighted by atomic mass is 16.5. The van der Waals surface area contributed by atoms with Gasteiger partial charge in [0, 0.05) is 0 Å². The first-order valence-corrected chi connectivity index (χ1v) is 6.16. The third-order valence-corrected chi connectivity index (χ3v) is 3.24. The summed E-state index contributed by atoms with van der Waals surface area (Å²) in [6.45, 7) is 2.79. The van der Waals surface area contributed by atoms with E-state index in [1.54, 1.807) is 0 Å². The third-order valence-electron chi connectivity index (χ3n) is 3.24. The molecule has 3 atom stereocenters. The molecular weight excluding hydrogens is 214 g/mol. The van der Waals surface area contributed by atoms with E-state index < -0.39 is 0 Å². The Morgan fingerprint density at radius 3 is 2.59 bits per heavy atom. The van der Waals surface area contributed by atoms with Crippen molar-refractivity contribution < 1.29 is 9.47 Å². The number of hydrogen-bond donors (Lipinski definition) is 0. The summed E-state index contributed by atoms with van der Waals surface area (Å²) in [5.41, 5.74) is 0. The molecule has 0 saturated carbocycles. The summed E-state index contributed by atoms with van der Waals surface area (Å²) in [5, 5.41) is 0. The quantitative estimate of drug-likeness (QED) is 0.801. The Bertz CT molecular complexity index is 339. The van der Waals surface area contributed by atoms with E-state index in [0.29, 0.717) is 18.8 Å². The molecule has 2 rings (SSSR count). The minimum atomic E-state index is 0.114. The second kappa shape index (κ2) is 5.52. The molecule has 17 heavy (non-hydrogen) atoms. The van der Waals surface area contributed by atoms with Crippen molar-refractivity contribution in [2.75, 3.05) is 20.7 Å². The first-order chi connectivity index (χ1) is 8.16. The predicted molar refractivity (Wildman–Crippen MR) is 68.4 cm³/mol. The van der Waals surface area contributed by atoms with E-state index in [-0.39, 0.29) is 6.10 Å². The van der Waals surface area contributed by atoms with Crippen LogP contribution in [0, 0.1) is 0 Å². The second-order valence-electron chi connectivity index (χ2n) is 4.88. The van der Waals surface area contributed by atoms with Crippen LogP contribution in [0.3, 0.4) is 0 Å². The highest BCUT2D eigenvalue weighted by molar-refractivity contribution is 5.21. The largest absolute Gasteiger partial charge is 0.486 e. The van der Waals surface area contributed by atoms with E-state index >= 15 is 0 Å². The molecule has 1 aromatic rings. The van der Waals surface area contributed by atoms with Crippen LogP contribution in [0.2, 0.25) is 0 Å². The molecule has 0 spiro atoms. The maximum atomic E-state index is 6.01. The van der Waals surface area contributed by atoms with Crippen molar-refractivity contribution in [2.45, 2.75) is 31.6 Å². The number of para-hydroxylation sites is 1.